The minimum absolute atomic E-state index is 0.108. The Balaban J connectivity index is 1.47. The summed E-state index contributed by atoms with van der Waals surface area (Å²) in [7, 11) is 4.76. The molecule has 184 valence electrons. The summed E-state index contributed by atoms with van der Waals surface area (Å²) in [4.78, 5) is 12.5. The molecule has 1 amide bonds. The predicted octanol–water partition coefficient (Wildman–Crippen LogP) is 4.20. The van der Waals surface area contributed by atoms with Crippen LogP contribution in [-0.4, -0.2) is 54.0 Å². The number of nitrogens with zero attached hydrogens (tertiary/aromatic N) is 4. The van der Waals surface area contributed by atoms with E-state index < -0.39 is 0 Å². The number of rotatable bonds is 10. The number of ether oxygens (including phenoxy) is 3. The fraction of sp³-hybridized carbons (Fsp3) is 0.154. The van der Waals surface area contributed by atoms with E-state index in [4.69, 9.17) is 14.2 Å². The van der Waals surface area contributed by atoms with Gasteiger partial charge in [0.15, 0.2) is 22.5 Å². The fourth-order valence-electron chi connectivity index (χ4n) is 3.37. The molecule has 0 unspecified atom stereocenters. The maximum absolute atomic E-state index is 12.5. The summed E-state index contributed by atoms with van der Waals surface area (Å²) in [6.07, 6.45) is 1.54. The lowest BCUT2D eigenvalue weighted by molar-refractivity contribution is -0.118. The molecule has 3 aromatic carbocycles. The summed E-state index contributed by atoms with van der Waals surface area (Å²) in [6.45, 7) is 0. The van der Waals surface area contributed by atoms with E-state index in [-0.39, 0.29) is 11.7 Å². The first-order valence-corrected chi connectivity index (χ1v) is 11.9. The van der Waals surface area contributed by atoms with Crippen LogP contribution in [0.15, 0.2) is 83.1 Å². The summed E-state index contributed by atoms with van der Waals surface area (Å²) in [5.74, 6) is 2.45. The van der Waals surface area contributed by atoms with Gasteiger partial charge >= 0.3 is 0 Å². The number of hydrogen-bond acceptors (Lipinski definition) is 8. The van der Waals surface area contributed by atoms with Gasteiger partial charge in [-0.25, -0.2) is 5.43 Å². The molecule has 0 saturated heterocycles. The van der Waals surface area contributed by atoms with E-state index in [1.807, 2.05) is 65.2 Å². The molecule has 0 aliphatic heterocycles. The highest BCUT2D eigenvalue weighted by atomic mass is 32.2. The highest BCUT2D eigenvalue weighted by Gasteiger charge is 2.17. The number of aromatic nitrogens is 3. The van der Waals surface area contributed by atoms with Crippen LogP contribution in [-0.2, 0) is 4.79 Å². The summed E-state index contributed by atoms with van der Waals surface area (Å²) >= 11 is 1.27. The molecule has 0 atom stereocenters. The number of hydrogen-bond donors (Lipinski definition) is 1. The lowest BCUT2D eigenvalue weighted by Crippen LogP contribution is -2.20. The molecular formula is C26H25N5O4S. The van der Waals surface area contributed by atoms with Crippen molar-refractivity contribution in [2.45, 2.75) is 5.16 Å². The molecule has 1 aromatic heterocycles. The van der Waals surface area contributed by atoms with E-state index in [2.05, 4.69) is 20.7 Å². The molecule has 0 fully saturated rings. The van der Waals surface area contributed by atoms with Crippen LogP contribution in [0.5, 0.6) is 17.2 Å². The van der Waals surface area contributed by atoms with Crippen LogP contribution in [0.4, 0.5) is 0 Å². The van der Waals surface area contributed by atoms with Crippen molar-refractivity contribution in [3.63, 3.8) is 0 Å². The lowest BCUT2D eigenvalue weighted by atomic mass is 10.2. The Bertz CT molecular complexity index is 1340. The second kappa shape index (κ2) is 11.9. The van der Waals surface area contributed by atoms with Crippen LogP contribution in [0.1, 0.15) is 5.56 Å². The first kappa shape index (κ1) is 24.8. The number of benzene rings is 3. The van der Waals surface area contributed by atoms with E-state index in [1.54, 1.807) is 39.7 Å². The highest BCUT2D eigenvalue weighted by molar-refractivity contribution is 7.99. The Morgan fingerprint density at radius 2 is 1.69 bits per heavy atom. The molecule has 0 spiro atoms. The topological polar surface area (TPSA) is 99.9 Å². The summed E-state index contributed by atoms with van der Waals surface area (Å²) in [5, 5.41) is 13.4. The second-order valence-corrected chi connectivity index (χ2v) is 8.34. The van der Waals surface area contributed by atoms with E-state index >= 15 is 0 Å². The van der Waals surface area contributed by atoms with Crippen LogP contribution in [0, 0.1) is 0 Å². The van der Waals surface area contributed by atoms with E-state index in [0.29, 0.717) is 22.5 Å². The number of amides is 1. The Labute approximate surface area is 213 Å². The Morgan fingerprint density at radius 1 is 0.944 bits per heavy atom. The first-order chi connectivity index (χ1) is 17.6. The number of methoxy groups -OCH3 is 3. The van der Waals surface area contributed by atoms with Crippen molar-refractivity contribution in [2.75, 3.05) is 27.1 Å². The molecule has 0 bridgehead atoms. The molecule has 1 N–H and O–H groups in total. The minimum atomic E-state index is -0.273. The van der Waals surface area contributed by atoms with Gasteiger partial charge in [0.25, 0.3) is 5.91 Å². The van der Waals surface area contributed by atoms with Crippen molar-refractivity contribution >= 4 is 23.9 Å². The number of carbonyl (C=O) groups is 1. The van der Waals surface area contributed by atoms with Gasteiger partial charge in [-0.05, 0) is 60.2 Å². The zero-order valence-corrected chi connectivity index (χ0v) is 20.9. The zero-order valence-electron chi connectivity index (χ0n) is 20.0. The largest absolute Gasteiger partial charge is 0.497 e. The third-order valence-electron chi connectivity index (χ3n) is 5.14. The molecule has 9 nitrogen and oxygen atoms in total. The Hall–Kier alpha value is -4.31. The van der Waals surface area contributed by atoms with Gasteiger partial charge in [0.2, 0.25) is 0 Å². The molecule has 0 aliphatic rings. The molecular weight excluding hydrogens is 478 g/mol. The molecule has 4 rings (SSSR count). The van der Waals surface area contributed by atoms with Crippen LogP contribution in [0.25, 0.3) is 17.1 Å². The number of para-hydroxylation sites is 1. The van der Waals surface area contributed by atoms with Crippen molar-refractivity contribution in [3.8, 4) is 34.3 Å². The maximum atomic E-state index is 12.5. The minimum Gasteiger partial charge on any atom is -0.497 e. The van der Waals surface area contributed by atoms with Gasteiger partial charge < -0.3 is 14.2 Å². The van der Waals surface area contributed by atoms with Crippen molar-refractivity contribution in [2.24, 2.45) is 5.10 Å². The average Bonchev–Trinajstić information content (AvgIpc) is 3.36. The fourth-order valence-corrected chi connectivity index (χ4v) is 4.12. The van der Waals surface area contributed by atoms with E-state index in [1.165, 1.54) is 11.8 Å². The quantitative estimate of drug-likeness (QED) is 0.197. The molecule has 1 heterocycles. The van der Waals surface area contributed by atoms with Crippen molar-refractivity contribution < 1.29 is 19.0 Å². The van der Waals surface area contributed by atoms with Gasteiger partial charge in [-0.1, -0.05) is 30.0 Å². The lowest BCUT2D eigenvalue weighted by Gasteiger charge is -2.10. The van der Waals surface area contributed by atoms with Crippen LogP contribution >= 0.6 is 11.8 Å². The van der Waals surface area contributed by atoms with Crippen LogP contribution < -0.4 is 19.6 Å². The van der Waals surface area contributed by atoms with Crippen molar-refractivity contribution in [1.82, 2.24) is 20.2 Å². The van der Waals surface area contributed by atoms with E-state index in [0.717, 1.165) is 22.6 Å². The Kier molecular flexibility index (Phi) is 8.20. The maximum Gasteiger partial charge on any atom is 0.250 e. The molecule has 0 aliphatic carbocycles. The molecule has 36 heavy (non-hydrogen) atoms. The summed E-state index contributed by atoms with van der Waals surface area (Å²) in [5.41, 5.74) is 5.07. The van der Waals surface area contributed by atoms with Crippen LogP contribution in [0.3, 0.4) is 0 Å². The molecule has 0 saturated carbocycles. The van der Waals surface area contributed by atoms with Gasteiger partial charge in [0.05, 0.1) is 33.3 Å². The van der Waals surface area contributed by atoms with E-state index in [9.17, 15) is 4.79 Å². The smallest absolute Gasteiger partial charge is 0.250 e. The van der Waals surface area contributed by atoms with Gasteiger partial charge in [-0.3, -0.25) is 9.36 Å². The second-order valence-electron chi connectivity index (χ2n) is 7.40. The number of nitrogens with one attached hydrogen (secondary N) is 1. The number of carbonyl (C=O) groups excluding carboxylic acids is 1. The zero-order chi connectivity index (χ0) is 25.3. The van der Waals surface area contributed by atoms with Gasteiger partial charge in [-0.2, -0.15) is 5.10 Å². The monoisotopic (exact) mass is 503 g/mol. The van der Waals surface area contributed by atoms with Crippen LogP contribution in [0.2, 0.25) is 0 Å². The SMILES string of the molecule is COc1ccc(-c2nnc(SCC(=O)N/N=C/c3ccc(OC)c(OC)c3)n2-c2ccccc2)cc1. The third kappa shape index (κ3) is 5.84. The number of thioether (sulfide) groups is 1. The molecule has 10 heteroatoms. The molecule has 4 aromatic rings. The van der Waals surface area contributed by atoms with Crippen molar-refractivity contribution in [3.05, 3.63) is 78.4 Å². The van der Waals surface area contributed by atoms with Crippen molar-refractivity contribution in [1.29, 1.82) is 0 Å². The van der Waals surface area contributed by atoms with Gasteiger partial charge in [0.1, 0.15) is 5.75 Å². The standard InChI is InChI=1S/C26H25N5O4S/c1-33-21-12-10-19(11-13-21)25-29-30-26(31(25)20-7-5-4-6-8-20)36-17-24(32)28-27-16-18-9-14-22(34-2)23(15-18)35-3/h4-16H,17H2,1-3H3,(H,28,32)/b27-16+. The summed E-state index contributed by atoms with van der Waals surface area (Å²) < 4.78 is 17.7. The van der Waals surface area contributed by atoms with Gasteiger partial charge in [0, 0.05) is 11.3 Å². The third-order valence-corrected chi connectivity index (χ3v) is 6.07. The van der Waals surface area contributed by atoms with Gasteiger partial charge in [-0.15, -0.1) is 10.2 Å². The first-order valence-electron chi connectivity index (χ1n) is 10.9. The average molecular weight is 504 g/mol. The summed E-state index contributed by atoms with van der Waals surface area (Å²) in [6, 6.07) is 22.7. The number of hydrazone groups is 1. The highest BCUT2D eigenvalue weighted by Crippen LogP contribution is 2.29. The normalized spacial score (nSPS) is 10.9. The predicted molar refractivity (Wildman–Crippen MR) is 139 cm³/mol. The molecule has 0 radical (unpaired) electrons. The Morgan fingerprint density at radius 3 is 2.39 bits per heavy atom.